The van der Waals surface area contributed by atoms with Crippen LogP contribution in [0.3, 0.4) is 0 Å². The topological polar surface area (TPSA) is 61.8 Å². The normalized spacial score (nSPS) is 12.5. The Morgan fingerprint density at radius 3 is 2.41 bits per heavy atom. The number of nitrogens with one attached hydrogen (secondary N) is 1. The molecule has 7 heteroatoms. The van der Waals surface area contributed by atoms with Crippen molar-refractivity contribution in [1.82, 2.24) is 0 Å². The van der Waals surface area contributed by atoms with Crippen LogP contribution in [0.25, 0.3) is 0 Å². The first kappa shape index (κ1) is 27.2. The van der Waals surface area contributed by atoms with E-state index in [-0.39, 0.29) is 5.56 Å². The summed E-state index contributed by atoms with van der Waals surface area (Å²) >= 11 is 12.3. The number of halogens is 2. The molecule has 5 nitrogen and oxygen atoms in total. The first-order valence-corrected chi connectivity index (χ1v) is 13.8. The minimum Gasteiger partial charge on any atom is -0.494 e. The number of aromatic carboxylic acids is 1. The summed E-state index contributed by atoms with van der Waals surface area (Å²) in [4.78, 5) is 14.1. The number of carbonyl (C=O) groups is 1. The number of anilines is 3. The van der Waals surface area contributed by atoms with Crippen LogP contribution in [-0.4, -0.2) is 17.7 Å². The van der Waals surface area contributed by atoms with Crippen LogP contribution in [0.5, 0.6) is 5.75 Å². The molecule has 0 saturated carbocycles. The van der Waals surface area contributed by atoms with E-state index in [0.29, 0.717) is 28.1 Å². The van der Waals surface area contributed by atoms with Crippen molar-refractivity contribution in [3.05, 3.63) is 81.3 Å². The maximum atomic E-state index is 11.9. The zero-order chi connectivity index (χ0) is 26.2. The highest BCUT2D eigenvalue weighted by molar-refractivity contribution is 6.42. The van der Waals surface area contributed by atoms with Gasteiger partial charge in [-0.2, -0.15) is 0 Å². The summed E-state index contributed by atoms with van der Waals surface area (Å²) in [7, 11) is 0. The molecule has 0 amide bonds. The van der Waals surface area contributed by atoms with E-state index in [4.69, 9.17) is 27.9 Å². The predicted octanol–water partition coefficient (Wildman–Crippen LogP) is 9.08. The lowest BCUT2D eigenvalue weighted by Crippen LogP contribution is -2.14. The van der Waals surface area contributed by atoms with Crippen molar-refractivity contribution >= 4 is 46.2 Å². The van der Waals surface area contributed by atoms with Gasteiger partial charge in [-0.15, -0.1) is 0 Å². The summed E-state index contributed by atoms with van der Waals surface area (Å²) < 4.78 is 5.94. The van der Waals surface area contributed by atoms with E-state index in [1.807, 2.05) is 24.3 Å². The Kier molecular flexibility index (Phi) is 9.59. The zero-order valence-corrected chi connectivity index (χ0v) is 22.7. The summed E-state index contributed by atoms with van der Waals surface area (Å²) in [5, 5.41) is 14.1. The van der Waals surface area contributed by atoms with Gasteiger partial charge in [-0.3, -0.25) is 0 Å². The molecule has 0 atom stereocenters. The van der Waals surface area contributed by atoms with E-state index < -0.39 is 5.97 Å². The van der Waals surface area contributed by atoms with Crippen LogP contribution < -0.4 is 15.0 Å². The van der Waals surface area contributed by atoms with Crippen molar-refractivity contribution in [3.8, 4) is 5.75 Å². The summed E-state index contributed by atoms with van der Waals surface area (Å²) in [6.45, 7) is 4.36. The van der Waals surface area contributed by atoms with Crippen LogP contribution >= 0.6 is 23.2 Å². The summed E-state index contributed by atoms with van der Waals surface area (Å²) in [5.41, 5.74) is 4.98. The molecule has 4 rings (SSSR count). The fourth-order valence-electron chi connectivity index (χ4n) is 4.64. The summed E-state index contributed by atoms with van der Waals surface area (Å²) in [6, 6.07) is 16.9. The predicted molar refractivity (Wildman–Crippen MR) is 153 cm³/mol. The van der Waals surface area contributed by atoms with E-state index in [9.17, 15) is 9.90 Å². The van der Waals surface area contributed by atoms with Gasteiger partial charge >= 0.3 is 5.97 Å². The lowest BCUT2D eigenvalue weighted by Gasteiger charge is -2.18. The molecule has 0 fully saturated rings. The molecule has 0 saturated heterocycles. The third-order valence-electron chi connectivity index (χ3n) is 6.71. The lowest BCUT2D eigenvalue weighted by atomic mass is 10.1. The molecule has 0 unspecified atom stereocenters. The third kappa shape index (κ3) is 7.33. The highest BCUT2D eigenvalue weighted by Gasteiger charge is 2.21. The number of carboxylic acid groups (broad SMARTS) is 1. The number of hydrogen-bond donors (Lipinski definition) is 2. The number of hydrogen-bond acceptors (Lipinski definition) is 4. The summed E-state index contributed by atoms with van der Waals surface area (Å²) in [6.07, 6.45) is 8.53. The number of benzene rings is 3. The van der Waals surface area contributed by atoms with Gasteiger partial charge in [0.2, 0.25) is 0 Å². The van der Waals surface area contributed by atoms with Gasteiger partial charge in [-0.25, -0.2) is 4.79 Å². The fraction of sp³-hybridized carbons (Fsp3) is 0.367. The second-order valence-electron chi connectivity index (χ2n) is 9.55. The monoisotopic (exact) mass is 540 g/mol. The Balaban J connectivity index is 1.39. The van der Waals surface area contributed by atoms with Gasteiger partial charge in [0.25, 0.3) is 0 Å². The smallest absolute Gasteiger partial charge is 0.337 e. The standard InChI is InChI=1S/C30H34Cl2N2O3/c1-2-3-4-5-6-7-8-15-37-25-12-13-26(30(35)36)29(18-25)33-23-10-9-21-19-34(20-22(21)16-23)24-11-14-27(31)28(32)17-24/h9-14,16-18,33H,2-8,15,19-20H2,1H3,(H,35,36). The van der Waals surface area contributed by atoms with Gasteiger partial charge in [0, 0.05) is 30.5 Å². The molecule has 0 bridgehead atoms. The zero-order valence-electron chi connectivity index (χ0n) is 21.2. The van der Waals surface area contributed by atoms with E-state index in [1.165, 1.54) is 43.2 Å². The Bertz CT molecular complexity index is 1230. The number of ether oxygens (including phenoxy) is 1. The average molecular weight is 542 g/mol. The lowest BCUT2D eigenvalue weighted by molar-refractivity contribution is 0.0698. The second kappa shape index (κ2) is 13.1. The maximum absolute atomic E-state index is 11.9. The molecule has 0 aliphatic carbocycles. The molecule has 0 aromatic heterocycles. The first-order valence-electron chi connectivity index (χ1n) is 13.0. The number of fused-ring (bicyclic) bond motifs is 1. The fourth-order valence-corrected chi connectivity index (χ4v) is 4.94. The molecule has 1 aliphatic heterocycles. The molecule has 3 aromatic carbocycles. The van der Waals surface area contributed by atoms with Crippen LogP contribution in [0, 0.1) is 0 Å². The Morgan fingerprint density at radius 2 is 1.65 bits per heavy atom. The molecule has 1 aliphatic rings. The molecule has 3 aromatic rings. The average Bonchev–Trinajstić information content (AvgIpc) is 3.31. The quantitative estimate of drug-likeness (QED) is 0.211. The van der Waals surface area contributed by atoms with Crippen molar-refractivity contribution < 1.29 is 14.6 Å². The van der Waals surface area contributed by atoms with Gasteiger partial charge in [0.05, 0.1) is 27.9 Å². The highest BCUT2D eigenvalue weighted by Crippen LogP contribution is 2.34. The van der Waals surface area contributed by atoms with Crippen molar-refractivity contribution in [1.29, 1.82) is 0 Å². The molecule has 1 heterocycles. The minimum absolute atomic E-state index is 0.209. The van der Waals surface area contributed by atoms with E-state index in [0.717, 1.165) is 37.3 Å². The molecule has 0 spiro atoms. The molecule has 0 radical (unpaired) electrons. The number of nitrogens with zero attached hydrogens (tertiary/aromatic N) is 1. The second-order valence-corrected chi connectivity index (χ2v) is 10.4. The van der Waals surface area contributed by atoms with Crippen molar-refractivity contribution in [2.75, 3.05) is 16.8 Å². The molecule has 37 heavy (non-hydrogen) atoms. The minimum atomic E-state index is -0.979. The molecule has 196 valence electrons. The van der Waals surface area contributed by atoms with Crippen molar-refractivity contribution in [2.24, 2.45) is 0 Å². The van der Waals surface area contributed by atoms with Crippen molar-refractivity contribution in [2.45, 2.75) is 65.0 Å². The van der Waals surface area contributed by atoms with Crippen LogP contribution in [0.2, 0.25) is 10.0 Å². The highest BCUT2D eigenvalue weighted by atomic mass is 35.5. The third-order valence-corrected chi connectivity index (χ3v) is 7.45. The molecular formula is C30H34Cl2N2O3. The Labute approximate surface area is 229 Å². The van der Waals surface area contributed by atoms with Gasteiger partial charge in [0.15, 0.2) is 0 Å². The first-order chi connectivity index (χ1) is 17.9. The van der Waals surface area contributed by atoms with Gasteiger partial charge in [-0.05, 0) is 60.0 Å². The molecular weight excluding hydrogens is 507 g/mol. The van der Waals surface area contributed by atoms with Crippen LogP contribution in [-0.2, 0) is 13.1 Å². The van der Waals surface area contributed by atoms with Crippen molar-refractivity contribution in [3.63, 3.8) is 0 Å². The van der Waals surface area contributed by atoms with Crippen LogP contribution in [0.15, 0.2) is 54.6 Å². The number of carboxylic acids is 1. The van der Waals surface area contributed by atoms with Gasteiger partial charge in [0.1, 0.15) is 5.75 Å². The largest absolute Gasteiger partial charge is 0.494 e. The van der Waals surface area contributed by atoms with E-state index in [2.05, 4.69) is 29.3 Å². The van der Waals surface area contributed by atoms with Gasteiger partial charge in [-0.1, -0.05) is 74.7 Å². The van der Waals surface area contributed by atoms with Crippen LogP contribution in [0.1, 0.15) is 73.4 Å². The SMILES string of the molecule is CCCCCCCCCOc1ccc(C(=O)O)c(Nc2ccc3c(c2)CN(c2ccc(Cl)c(Cl)c2)C3)c1. The van der Waals surface area contributed by atoms with Crippen LogP contribution in [0.4, 0.5) is 17.1 Å². The summed E-state index contributed by atoms with van der Waals surface area (Å²) in [5.74, 6) is -0.307. The Hall–Kier alpha value is -2.89. The maximum Gasteiger partial charge on any atom is 0.337 e. The number of unbranched alkanes of at least 4 members (excludes halogenated alkanes) is 6. The van der Waals surface area contributed by atoms with E-state index >= 15 is 0 Å². The van der Waals surface area contributed by atoms with E-state index in [1.54, 1.807) is 18.2 Å². The Morgan fingerprint density at radius 1 is 0.892 bits per heavy atom. The number of rotatable bonds is 13. The molecule has 2 N–H and O–H groups in total. The van der Waals surface area contributed by atoms with Gasteiger partial charge < -0.3 is 20.1 Å².